The second-order valence-electron chi connectivity index (χ2n) is 5.85. The molecule has 0 bridgehead atoms. The van der Waals surface area contributed by atoms with Gasteiger partial charge < -0.3 is 5.73 Å². The van der Waals surface area contributed by atoms with Crippen LogP contribution in [0.1, 0.15) is 21.6 Å². The summed E-state index contributed by atoms with van der Waals surface area (Å²) >= 11 is 0. The lowest BCUT2D eigenvalue weighted by Crippen LogP contribution is -2.15. The maximum atomic E-state index is 13.2. The summed E-state index contributed by atoms with van der Waals surface area (Å²) in [6.07, 6.45) is -1.11. The maximum Gasteiger partial charge on any atom is 0.416 e. The molecule has 3 rings (SSSR count). The number of rotatable bonds is 4. The van der Waals surface area contributed by atoms with Crippen LogP contribution in [0.5, 0.6) is 0 Å². The van der Waals surface area contributed by atoms with E-state index in [-0.39, 0.29) is 28.3 Å². The van der Waals surface area contributed by atoms with Crippen molar-refractivity contribution < 1.29 is 26.4 Å². The SMILES string of the molecule is Nc1ncc(-c2cc(C(F)(F)F)cc(S(N)(=O)=O)c2)nc1C(=O)c1cccnc1. The van der Waals surface area contributed by atoms with Crippen LogP contribution in [0.2, 0.25) is 0 Å². The van der Waals surface area contributed by atoms with Gasteiger partial charge in [-0.15, -0.1) is 0 Å². The van der Waals surface area contributed by atoms with Crippen LogP contribution in [-0.4, -0.2) is 29.2 Å². The first-order chi connectivity index (χ1) is 13.5. The number of nitrogen functional groups attached to an aromatic ring is 1. The topological polar surface area (TPSA) is 142 Å². The number of halogens is 3. The number of ketones is 1. The molecule has 150 valence electrons. The van der Waals surface area contributed by atoms with E-state index in [0.717, 1.165) is 12.3 Å². The quantitative estimate of drug-likeness (QED) is 0.611. The smallest absolute Gasteiger partial charge is 0.382 e. The minimum absolute atomic E-state index is 0.139. The standard InChI is InChI=1S/C17H12F3N5O3S/c18-17(19,20)11-4-10(5-12(6-11)29(22,27)28)13-8-24-16(21)14(25-13)15(26)9-2-1-3-23-7-9/h1-8H,(H2,21,24)(H2,22,27,28). The Morgan fingerprint density at radius 1 is 1.10 bits per heavy atom. The fourth-order valence-electron chi connectivity index (χ4n) is 2.41. The number of hydrogen-bond acceptors (Lipinski definition) is 7. The number of nitrogens with two attached hydrogens (primary N) is 2. The van der Waals surface area contributed by atoms with E-state index < -0.39 is 32.4 Å². The number of hydrogen-bond donors (Lipinski definition) is 2. The molecular formula is C17H12F3N5O3S. The number of anilines is 1. The number of benzene rings is 1. The summed E-state index contributed by atoms with van der Waals surface area (Å²) in [5.41, 5.74) is 3.82. The van der Waals surface area contributed by atoms with Crippen LogP contribution in [0, 0.1) is 0 Å². The van der Waals surface area contributed by atoms with Crippen molar-refractivity contribution in [3.05, 3.63) is 65.7 Å². The molecule has 4 N–H and O–H groups in total. The van der Waals surface area contributed by atoms with E-state index in [0.29, 0.717) is 12.1 Å². The minimum atomic E-state index is -4.84. The molecule has 2 heterocycles. The zero-order valence-corrected chi connectivity index (χ0v) is 15.2. The molecule has 0 spiro atoms. The van der Waals surface area contributed by atoms with Crippen LogP contribution in [0.15, 0.2) is 53.8 Å². The average Bonchev–Trinajstić information content (AvgIpc) is 2.67. The summed E-state index contributed by atoms with van der Waals surface area (Å²) in [6.45, 7) is 0. The Labute approximate surface area is 162 Å². The Morgan fingerprint density at radius 2 is 1.83 bits per heavy atom. The molecule has 0 amide bonds. The van der Waals surface area contributed by atoms with Gasteiger partial charge in [-0.3, -0.25) is 9.78 Å². The molecule has 1 aromatic carbocycles. The number of carbonyl (C=O) groups is 1. The van der Waals surface area contributed by atoms with Gasteiger partial charge in [0.2, 0.25) is 15.8 Å². The first kappa shape index (κ1) is 20.4. The van der Waals surface area contributed by atoms with Gasteiger partial charge in [-0.1, -0.05) is 0 Å². The van der Waals surface area contributed by atoms with Crippen molar-refractivity contribution in [3.8, 4) is 11.3 Å². The van der Waals surface area contributed by atoms with Gasteiger partial charge in [0.15, 0.2) is 11.5 Å². The molecule has 3 aromatic rings. The third-order valence-corrected chi connectivity index (χ3v) is 4.69. The number of sulfonamides is 1. The van der Waals surface area contributed by atoms with E-state index in [4.69, 9.17) is 10.9 Å². The summed E-state index contributed by atoms with van der Waals surface area (Å²) in [5, 5.41) is 4.98. The van der Waals surface area contributed by atoms with Gasteiger partial charge in [0.25, 0.3) is 0 Å². The molecule has 0 saturated heterocycles. The molecular weight excluding hydrogens is 411 g/mol. The fraction of sp³-hybridized carbons (Fsp3) is 0.0588. The Bertz CT molecular complexity index is 1200. The summed E-state index contributed by atoms with van der Waals surface area (Å²) in [5.74, 6) is -0.898. The number of carbonyl (C=O) groups excluding carboxylic acids is 1. The summed E-state index contributed by atoms with van der Waals surface area (Å²) in [4.78, 5) is 23.4. The maximum absolute atomic E-state index is 13.2. The van der Waals surface area contributed by atoms with E-state index in [1.54, 1.807) is 0 Å². The van der Waals surface area contributed by atoms with E-state index >= 15 is 0 Å². The van der Waals surface area contributed by atoms with Crippen molar-refractivity contribution in [2.24, 2.45) is 5.14 Å². The Hall–Kier alpha value is -3.38. The van der Waals surface area contributed by atoms with Crippen LogP contribution >= 0.6 is 0 Å². The van der Waals surface area contributed by atoms with Crippen LogP contribution in [-0.2, 0) is 16.2 Å². The monoisotopic (exact) mass is 423 g/mol. The van der Waals surface area contributed by atoms with Crippen LogP contribution in [0.25, 0.3) is 11.3 Å². The zero-order chi connectivity index (χ0) is 21.4. The predicted octanol–water partition coefficient (Wildman–Crippen LogP) is 2.02. The molecule has 2 aromatic heterocycles. The van der Waals surface area contributed by atoms with E-state index in [2.05, 4.69) is 15.0 Å². The molecule has 0 aliphatic rings. The van der Waals surface area contributed by atoms with Crippen LogP contribution in [0.3, 0.4) is 0 Å². The number of pyridine rings is 1. The zero-order valence-electron chi connectivity index (χ0n) is 14.4. The number of alkyl halides is 3. The molecule has 0 saturated carbocycles. The van der Waals surface area contributed by atoms with Crippen molar-refractivity contribution in [2.45, 2.75) is 11.1 Å². The summed E-state index contributed by atoms with van der Waals surface area (Å²) < 4.78 is 62.8. The lowest BCUT2D eigenvalue weighted by atomic mass is 10.1. The molecule has 0 fully saturated rings. The first-order valence-corrected chi connectivity index (χ1v) is 9.34. The highest BCUT2D eigenvalue weighted by molar-refractivity contribution is 7.89. The largest absolute Gasteiger partial charge is 0.416 e. The van der Waals surface area contributed by atoms with Gasteiger partial charge in [-0.05, 0) is 30.3 Å². The van der Waals surface area contributed by atoms with Crippen molar-refractivity contribution in [2.75, 3.05) is 5.73 Å². The third-order valence-electron chi connectivity index (χ3n) is 3.80. The van der Waals surface area contributed by atoms with Crippen LogP contribution < -0.4 is 10.9 Å². The first-order valence-electron chi connectivity index (χ1n) is 7.79. The van der Waals surface area contributed by atoms with Gasteiger partial charge in [-0.25, -0.2) is 23.5 Å². The minimum Gasteiger partial charge on any atom is -0.382 e. The molecule has 0 unspecified atom stereocenters. The summed E-state index contributed by atoms with van der Waals surface area (Å²) in [6, 6.07) is 4.94. The van der Waals surface area contributed by atoms with Gasteiger partial charge in [-0.2, -0.15) is 13.2 Å². The Balaban J connectivity index is 2.18. The van der Waals surface area contributed by atoms with Crippen LogP contribution in [0.4, 0.5) is 19.0 Å². The summed E-state index contributed by atoms with van der Waals surface area (Å²) in [7, 11) is -4.44. The highest BCUT2D eigenvalue weighted by Gasteiger charge is 2.32. The average molecular weight is 423 g/mol. The van der Waals surface area contributed by atoms with Crippen molar-refractivity contribution in [3.63, 3.8) is 0 Å². The van der Waals surface area contributed by atoms with Gasteiger partial charge >= 0.3 is 6.18 Å². The van der Waals surface area contributed by atoms with Gasteiger partial charge in [0.05, 0.1) is 22.3 Å². The number of primary sulfonamides is 1. The van der Waals surface area contributed by atoms with Crippen molar-refractivity contribution >= 4 is 21.6 Å². The third kappa shape index (κ3) is 4.38. The number of aromatic nitrogens is 3. The Morgan fingerprint density at radius 3 is 2.41 bits per heavy atom. The second-order valence-corrected chi connectivity index (χ2v) is 7.41. The lowest BCUT2D eigenvalue weighted by molar-refractivity contribution is -0.137. The lowest BCUT2D eigenvalue weighted by Gasteiger charge is -2.12. The molecule has 0 radical (unpaired) electrons. The molecule has 0 aliphatic heterocycles. The van der Waals surface area contributed by atoms with E-state index in [1.807, 2.05) is 0 Å². The normalized spacial score (nSPS) is 12.0. The van der Waals surface area contributed by atoms with Gasteiger partial charge in [0.1, 0.15) is 0 Å². The molecule has 0 aliphatic carbocycles. The van der Waals surface area contributed by atoms with E-state index in [1.165, 1.54) is 24.5 Å². The van der Waals surface area contributed by atoms with Crippen molar-refractivity contribution in [1.29, 1.82) is 0 Å². The molecule has 12 heteroatoms. The second kappa shape index (κ2) is 7.22. The number of nitrogens with zero attached hydrogens (tertiary/aromatic N) is 3. The van der Waals surface area contributed by atoms with Gasteiger partial charge in [0, 0.05) is 23.5 Å². The highest BCUT2D eigenvalue weighted by atomic mass is 32.2. The molecule has 8 nitrogen and oxygen atoms in total. The fourth-order valence-corrected chi connectivity index (χ4v) is 3.00. The molecule has 29 heavy (non-hydrogen) atoms. The van der Waals surface area contributed by atoms with E-state index in [9.17, 15) is 26.4 Å². The van der Waals surface area contributed by atoms with Crippen molar-refractivity contribution in [1.82, 2.24) is 15.0 Å². The molecule has 0 atom stereocenters. The predicted molar refractivity (Wildman–Crippen MR) is 95.9 cm³/mol. The highest BCUT2D eigenvalue weighted by Crippen LogP contribution is 2.34. The Kier molecular flexibility index (Phi) is 5.07.